The number of nitrogens with zero attached hydrogens (tertiary/aromatic N) is 1. The Bertz CT molecular complexity index is 610. The van der Waals surface area contributed by atoms with E-state index >= 15 is 0 Å². The first-order valence-corrected chi connectivity index (χ1v) is 7.38. The molecule has 0 spiro atoms. The molecule has 2 rings (SSSR count). The van der Waals surface area contributed by atoms with Crippen molar-refractivity contribution in [3.05, 3.63) is 89.7 Å². The highest BCUT2D eigenvalue weighted by atomic mass is 15.1. The van der Waals surface area contributed by atoms with Gasteiger partial charge in [-0.1, -0.05) is 60.2 Å². The number of para-hydroxylation sites is 1. The van der Waals surface area contributed by atoms with E-state index in [1.807, 2.05) is 13.0 Å². The molecule has 1 heteroatoms. The number of hydrogen-bond donors (Lipinski definition) is 0. The molecule has 1 aliphatic carbocycles. The first kappa shape index (κ1) is 15.1. The smallest absolute Gasteiger partial charge is 0.0443 e. The van der Waals surface area contributed by atoms with Crippen LogP contribution in [0.5, 0.6) is 0 Å². The van der Waals surface area contributed by atoms with Crippen molar-refractivity contribution in [2.75, 3.05) is 11.9 Å². The van der Waals surface area contributed by atoms with Crippen LogP contribution in [-0.4, -0.2) is 7.05 Å². The second-order valence-electron chi connectivity index (χ2n) is 5.18. The maximum atomic E-state index is 2.28. The summed E-state index contributed by atoms with van der Waals surface area (Å²) in [6.07, 6.45) is 16.1. The fraction of sp³-hybridized carbons (Fsp3) is 0.200. The van der Waals surface area contributed by atoms with Crippen LogP contribution in [0, 0.1) is 0 Å². The van der Waals surface area contributed by atoms with Crippen LogP contribution < -0.4 is 4.90 Å². The second kappa shape index (κ2) is 7.49. The van der Waals surface area contributed by atoms with Gasteiger partial charge in [0.25, 0.3) is 0 Å². The summed E-state index contributed by atoms with van der Waals surface area (Å²) in [6.45, 7) is 4.19. The molecule has 0 saturated carbocycles. The lowest BCUT2D eigenvalue weighted by molar-refractivity contribution is 1.06. The Morgan fingerprint density at radius 3 is 2.67 bits per heavy atom. The molecule has 0 N–H and O–H groups in total. The van der Waals surface area contributed by atoms with E-state index in [1.54, 1.807) is 0 Å². The molecule has 0 radical (unpaired) electrons. The molecule has 0 atom stereocenters. The van der Waals surface area contributed by atoms with Crippen LogP contribution in [0.3, 0.4) is 0 Å². The summed E-state index contributed by atoms with van der Waals surface area (Å²) >= 11 is 0. The predicted molar refractivity (Wildman–Crippen MR) is 93.3 cm³/mol. The molecule has 1 aromatic carbocycles. The Balaban J connectivity index is 2.36. The van der Waals surface area contributed by atoms with E-state index in [-0.39, 0.29) is 0 Å². The highest BCUT2D eigenvalue weighted by molar-refractivity contribution is 5.58. The van der Waals surface area contributed by atoms with Gasteiger partial charge in [-0.05, 0) is 44.1 Å². The molecule has 0 bridgehead atoms. The molecular weight excluding hydrogens is 254 g/mol. The minimum Gasteiger partial charge on any atom is -0.344 e. The van der Waals surface area contributed by atoms with Crippen molar-refractivity contribution in [3.63, 3.8) is 0 Å². The van der Waals surface area contributed by atoms with Gasteiger partial charge in [0.2, 0.25) is 0 Å². The SMILES string of the molecule is C/C=C\C=C(/C1=CC=CC(C)=CC1)N(C)c1ccccc1. The van der Waals surface area contributed by atoms with Crippen molar-refractivity contribution in [1.29, 1.82) is 0 Å². The average Bonchev–Trinajstić information content (AvgIpc) is 2.73. The van der Waals surface area contributed by atoms with Crippen LogP contribution in [0.25, 0.3) is 0 Å². The summed E-state index contributed by atoms with van der Waals surface area (Å²) in [5.41, 5.74) is 5.07. The van der Waals surface area contributed by atoms with Gasteiger partial charge in [0.1, 0.15) is 0 Å². The molecule has 108 valence electrons. The number of allylic oxidation sites excluding steroid dienone is 9. The van der Waals surface area contributed by atoms with Crippen molar-refractivity contribution >= 4 is 5.69 Å². The standard InChI is InChI=1S/C20H23N/c1-4-5-14-20(18-11-9-10-17(2)15-16-18)21(3)19-12-7-6-8-13-19/h4-15H,16H2,1-3H3/b5-4-,20-14+. The van der Waals surface area contributed by atoms with E-state index in [2.05, 4.69) is 85.7 Å². The third-order valence-corrected chi connectivity index (χ3v) is 3.58. The molecule has 21 heavy (non-hydrogen) atoms. The highest BCUT2D eigenvalue weighted by Gasteiger charge is 2.11. The van der Waals surface area contributed by atoms with Gasteiger partial charge in [0.15, 0.2) is 0 Å². The average molecular weight is 277 g/mol. The number of hydrogen-bond acceptors (Lipinski definition) is 1. The Labute approximate surface area is 128 Å². The van der Waals surface area contributed by atoms with E-state index < -0.39 is 0 Å². The molecule has 0 fully saturated rings. The lowest BCUT2D eigenvalue weighted by Gasteiger charge is -2.24. The third kappa shape index (κ3) is 4.09. The van der Waals surface area contributed by atoms with Gasteiger partial charge >= 0.3 is 0 Å². The van der Waals surface area contributed by atoms with Gasteiger partial charge in [0, 0.05) is 18.4 Å². The van der Waals surface area contributed by atoms with Crippen molar-refractivity contribution in [2.45, 2.75) is 20.3 Å². The Kier molecular flexibility index (Phi) is 5.39. The van der Waals surface area contributed by atoms with E-state index in [0.29, 0.717) is 0 Å². The summed E-state index contributed by atoms with van der Waals surface area (Å²) in [5, 5.41) is 0. The summed E-state index contributed by atoms with van der Waals surface area (Å²) in [7, 11) is 2.12. The molecule has 0 unspecified atom stereocenters. The van der Waals surface area contributed by atoms with Crippen molar-refractivity contribution < 1.29 is 0 Å². The second-order valence-corrected chi connectivity index (χ2v) is 5.18. The summed E-state index contributed by atoms with van der Waals surface area (Å²) in [6, 6.07) is 10.5. The largest absolute Gasteiger partial charge is 0.344 e. The van der Waals surface area contributed by atoms with Crippen LogP contribution in [0.4, 0.5) is 5.69 Å². The lowest BCUT2D eigenvalue weighted by atomic mass is 10.1. The first-order chi connectivity index (χ1) is 10.2. The van der Waals surface area contributed by atoms with E-state index in [9.17, 15) is 0 Å². The predicted octanol–water partition coefficient (Wildman–Crippen LogP) is 5.42. The van der Waals surface area contributed by atoms with Gasteiger partial charge in [-0.25, -0.2) is 0 Å². The molecule has 1 aromatic rings. The van der Waals surface area contributed by atoms with Crippen LogP contribution >= 0.6 is 0 Å². The molecule has 0 saturated heterocycles. The van der Waals surface area contributed by atoms with E-state index in [1.165, 1.54) is 22.5 Å². The third-order valence-electron chi connectivity index (χ3n) is 3.58. The molecule has 1 nitrogen and oxygen atoms in total. The first-order valence-electron chi connectivity index (χ1n) is 7.38. The van der Waals surface area contributed by atoms with Gasteiger partial charge in [0.05, 0.1) is 0 Å². The number of benzene rings is 1. The van der Waals surface area contributed by atoms with E-state index in [0.717, 1.165) is 6.42 Å². The van der Waals surface area contributed by atoms with Crippen molar-refractivity contribution in [1.82, 2.24) is 0 Å². The Morgan fingerprint density at radius 1 is 1.19 bits per heavy atom. The molecule has 0 aliphatic heterocycles. The fourth-order valence-corrected chi connectivity index (χ4v) is 2.33. The molecule has 0 aromatic heterocycles. The molecule has 0 amide bonds. The van der Waals surface area contributed by atoms with Crippen molar-refractivity contribution in [2.24, 2.45) is 0 Å². The van der Waals surface area contributed by atoms with Gasteiger partial charge in [-0.2, -0.15) is 0 Å². The van der Waals surface area contributed by atoms with E-state index in [4.69, 9.17) is 0 Å². The van der Waals surface area contributed by atoms with Crippen LogP contribution in [-0.2, 0) is 0 Å². The summed E-state index contributed by atoms with van der Waals surface area (Å²) in [4.78, 5) is 2.24. The van der Waals surface area contributed by atoms with Gasteiger partial charge < -0.3 is 4.90 Å². The van der Waals surface area contributed by atoms with Crippen molar-refractivity contribution in [3.8, 4) is 0 Å². The highest BCUT2D eigenvalue weighted by Crippen LogP contribution is 2.26. The van der Waals surface area contributed by atoms with Crippen LogP contribution in [0.1, 0.15) is 20.3 Å². The Morgan fingerprint density at radius 2 is 1.95 bits per heavy atom. The van der Waals surface area contributed by atoms with Gasteiger partial charge in [-0.15, -0.1) is 0 Å². The molecule has 1 aliphatic rings. The van der Waals surface area contributed by atoms with Gasteiger partial charge in [-0.3, -0.25) is 0 Å². The zero-order chi connectivity index (χ0) is 15.1. The zero-order valence-corrected chi connectivity index (χ0v) is 13.1. The minimum absolute atomic E-state index is 0.958. The topological polar surface area (TPSA) is 3.24 Å². The zero-order valence-electron chi connectivity index (χ0n) is 13.1. The summed E-state index contributed by atoms with van der Waals surface area (Å²) < 4.78 is 0. The maximum absolute atomic E-state index is 2.28. The molecular formula is C20H23N. The minimum atomic E-state index is 0.958. The maximum Gasteiger partial charge on any atom is 0.0443 e. The monoisotopic (exact) mass is 277 g/mol. The quantitative estimate of drug-likeness (QED) is 0.665. The normalized spacial score (nSPS) is 15.7. The number of rotatable bonds is 4. The van der Waals surface area contributed by atoms with Crippen LogP contribution in [0.2, 0.25) is 0 Å². The Hall–Kier alpha value is -2.28. The molecule has 0 heterocycles. The lowest BCUT2D eigenvalue weighted by Crippen LogP contribution is -2.17. The summed E-state index contributed by atoms with van der Waals surface area (Å²) in [5.74, 6) is 0. The number of likely N-dealkylation sites (N-methyl/N-ethyl adjacent to an activating group) is 1. The number of anilines is 1. The van der Waals surface area contributed by atoms with Crippen LogP contribution in [0.15, 0.2) is 89.7 Å². The fourth-order valence-electron chi connectivity index (χ4n) is 2.33.